The zero-order valence-corrected chi connectivity index (χ0v) is 15.3. The Morgan fingerprint density at radius 2 is 2.23 bits per heavy atom. The second kappa shape index (κ2) is 9.45. The van der Waals surface area contributed by atoms with E-state index in [1.807, 2.05) is 16.7 Å². The number of aryl methyl sites for hydroxylation is 1. The molecule has 1 aromatic carbocycles. The average Bonchev–Trinajstić information content (AvgIpc) is 3.14. The van der Waals surface area contributed by atoms with Crippen LogP contribution in [0.3, 0.4) is 0 Å². The highest BCUT2D eigenvalue weighted by Gasteiger charge is 2.15. The first-order chi connectivity index (χ1) is 12.8. The third-order valence-corrected chi connectivity index (χ3v) is 4.79. The molecule has 2 aromatic rings. The fraction of sp³-hybridized carbons (Fsp3) is 0.526. The van der Waals surface area contributed by atoms with Crippen LogP contribution in [0.1, 0.15) is 46.9 Å². The first-order valence-electron chi connectivity index (χ1n) is 9.22. The number of nitrogens with one attached hydrogen (secondary N) is 2. The van der Waals surface area contributed by atoms with Gasteiger partial charge in [0.15, 0.2) is 5.82 Å². The standard InChI is InChI=1S/C19H27N5O2/c1-26-11-3-10-24-14-22-23-18(24)13-21-19(25)16-7-5-15(6-8-16)17-4-2-9-20-12-17/h5-8,14,17,20H,2-4,9-13H2,1H3,(H,21,25)/t17-/m0/s1. The summed E-state index contributed by atoms with van der Waals surface area (Å²) in [5.41, 5.74) is 1.97. The normalized spacial score (nSPS) is 17.2. The number of carbonyl (C=O) groups is 1. The minimum atomic E-state index is -0.0928. The van der Waals surface area contributed by atoms with Gasteiger partial charge in [-0.1, -0.05) is 12.1 Å². The van der Waals surface area contributed by atoms with Crippen LogP contribution >= 0.6 is 0 Å². The van der Waals surface area contributed by atoms with Gasteiger partial charge in [0.25, 0.3) is 5.91 Å². The van der Waals surface area contributed by atoms with Gasteiger partial charge in [-0.05, 0) is 49.4 Å². The maximum atomic E-state index is 12.4. The molecule has 1 aliphatic heterocycles. The number of benzene rings is 1. The summed E-state index contributed by atoms with van der Waals surface area (Å²) in [6.45, 7) is 3.94. The van der Waals surface area contributed by atoms with Crippen LogP contribution < -0.4 is 10.6 Å². The second-order valence-electron chi connectivity index (χ2n) is 6.63. The van der Waals surface area contributed by atoms with Crippen LogP contribution in [0.25, 0.3) is 0 Å². The Labute approximate surface area is 154 Å². The molecule has 1 atom stereocenters. The third kappa shape index (κ3) is 4.89. The molecular weight excluding hydrogens is 330 g/mol. The highest BCUT2D eigenvalue weighted by atomic mass is 16.5. The van der Waals surface area contributed by atoms with Crippen molar-refractivity contribution in [3.63, 3.8) is 0 Å². The highest BCUT2D eigenvalue weighted by Crippen LogP contribution is 2.23. The molecule has 140 valence electrons. The number of aromatic nitrogens is 3. The van der Waals surface area contributed by atoms with Gasteiger partial charge in [-0.2, -0.15) is 0 Å². The predicted molar refractivity (Wildman–Crippen MR) is 99.0 cm³/mol. The minimum absolute atomic E-state index is 0.0928. The quantitative estimate of drug-likeness (QED) is 0.703. The molecule has 3 rings (SSSR count). The molecule has 2 heterocycles. The first-order valence-corrected chi connectivity index (χ1v) is 9.22. The lowest BCUT2D eigenvalue weighted by Gasteiger charge is -2.23. The Bertz CT molecular complexity index is 692. The number of nitrogens with zero attached hydrogens (tertiary/aromatic N) is 3. The van der Waals surface area contributed by atoms with Crippen molar-refractivity contribution in [1.29, 1.82) is 0 Å². The van der Waals surface area contributed by atoms with Crippen molar-refractivity contribution in [3.05, 3.63) is 47.5 Å². The summed E-state index contributed by atoms with van der Waals surface area (Å²) in [7, 11) is 1.68. The van der Waals surface area contributed by atoms with E-state index in [1.54, 1.807) is 13.4 Å². The SMILES string of the molecule is COCCCn1cnnc1CNC(=O)c1ccc([C@H]2CCCNC2)cc1. The fourth-order valence-electron chi connectivity index (χ4n) is 3.29. The van der Waals surface area contributed by atoms with Gasteiger partial charge in [0.1, 0.15) is 6.33 Å². The largest absolute Gasteiger partial charge is 0.385 e. The van der Waals surface area contributed by atoms with Crippen LogP contribution in [0.5, 0.6) is 0 Å². The zero-order chi connectivity index (χ0) is 18.2. The summed E-state index contributed by atoms with van der Waals surface area (Å²) in [4.78, 5) is 12.4. The fourth-order valence-corrected chi connectivity index (χ4v) is 3.29. The van der Waals surface area contributed by atoms with Gasteiger partial charge in [0.05, 0.1) is 6.54 Å². The Hall–Kier alpha value is -2.25. The van der Waals surface area contributed by atoms with Crippen molar-refractivity contribution in [2.75, 3.05) is 26.8 Å². The molecule has 0 radical (unpaired) electrons. The summed E-state index contributed by atoms with van der Waals surface area (Å²) in [5, 5.41) is 14.4. The molecule has 0 saturated carbocycles. The number of methoxy groups -OCH3 is 1. The molecule has 0 bridgehead atoms. The van der Waals surface area contributed by atoms with Crippen molar-refractivity contribution in [1.82, 2.24) is 25.4 Å². The molecule has 1 aromatic heterocycles. The van der Waals surface area contributed by atoms with E-state index in [0.29, 0.717) is 24.6 Å². The lowest BCUT2D eigenvalue weighted by atomic mass is 9.91. The molecule has 1 saturated heterocycles. The van der Waals surface area contributed by atoms with Crippen LogP contribution in [0.2, 0.25) is 0 Å². The highest BCUT2D eigenvalue weighted by molar-refractivity contribution is 5.94. The molecule has 0 unspecified atom stereocenters. The van der Waals surface area contributed by atoms with E-state index in [9.17, 15) is 4.79 Å². The van der Waals surface area contributed by atoms with Crippen molar-refractivity contribution in [2.24, 2.45) is 0 Å². The number of ether oxygens (including phenoxy) is 1. The number of rotatable bonds is 8. The summed E-state index contributed by atoms with van der Waals surface area (Å²) >= 11 is 0. The van der Waals surface area contributed by atoms with E-state index in [2.05, 4.69) is 33.0 Å². The maximum absolute atomic E-state index is 12.4. The molecule has 0 aliphatic carbocycles. The van der Waals surface area contributed by atoms with E-state index in [0.717, 1.165) is 31.9 Å². The molecule has 1 aliphatic rings. The smallest absolute Gasteiger partial charge is 0.251 e. The summed E-state index contributed by atoms with van der Waals surface area (Å²) in [5.74, 6) is 1.20. The minimum Gasteiger partial charge on any atom is -0.385 e. The Balaban J connectivity index is 1.53. The van der Waals surface area contributed by atoms with E-state index in [-0.39, 0.29) is 5.91 Å². The molecule has 0 spiro atoms. The Morgan fingerprint density at radius 3 is 2.96 bits per heavy atom. The molecule has 26 heavy (non-hydrogen) atoms. The Kier molecular flexibility index (Phi) is 6.74. The zero-order valence-electron chi connectivity index (χ0n) is 15.3. The summed E-state index contributed by atoms with van der Waals surface area (Å²) in [6.07, 6.45) is 4.98. The average molecular weight is 357 g/mol. The van der Waals surface area contributed by atoms with Gasteiger partial charge in [-0.25, -0.2) is 0 Å². The van der Waals surface area contributed by atoms with E-state index >= 15 is 0 Å². The monoisotopic (exact) mass is 357 g/mol. The van der Waals surface area contributed by atoms with E-state index < -0.39 is 0 Å². The van der Waals surface area contributed by atoms with Crippen LogP contribution in [0.4, 0.5) is 0 Å². The Morgan fingerprint density at radius 1 is 1.38 bits per heavy atom. The topological polar surface area (TPSA) is 81.1 Å². The van der Waals surface area contributed by atoms with Gasteiger partial charge in [0.2, 0.25) is 0 Å². The molecule has 7 heteroatoms. The van der Waals surface area contributed by atoms with Gasteiger partial charge in [-0.3, -0.25) is 4.79 Å². The molecule has 1 amide bonds. The molecule has 7 nitrogen and oxygen atoms in total. The van der Waals surface area contributed by atoms with Crippen molar-refractivity contribution in [2.45, 2.75) is 38.3 Å². The number of hydrogen-bond donors (Lipinski definition) is 2. The van der Waals surface area contributed by atoms with Crippen LogP contribution in [0.15, 0.2) is 30.6 Å². The van der Waals surface area contributed by atoms with Crippen LogP contribution in [-0.2, 0) is 17.8 Å². The van der Waals surface area contributed by atoms with Crippen LogP contribution in [-0.4, -0.2) is 47.5 Å². The number of hydrogen-bond acceptors (Lipinski definition) is 5. The number of carbonyl (C=O) groups excluding carboxylic acids is 1. The second-order valence-corrected chi connectivity index (χ2v) is 6.63. The molecule has 2 N–H and O–H groups in total. The molecular formula is C19H27N5O2. The first kappa shape index (κ1) is 18.5. The van der Waals surface area contributed by atoms with Crippen molar-refractivity contribution < 1.29 is 9.53 Å². The maximum Gasteiger partial charge on any atom is 0.251 e. The van der Waals surface area contributed by atoms with Crippen molar-refractivity contribution in [3.8, 4) is 0 Å². The number of piperidine rings is 1. The third-order valence-electron chi connectivity index (χ3n) is 4.79. The lowest BCUT2D eigenvalue weighted by molar-refractivity contribution is 0.0949. The lowest BCUT2D eigenvalue weighted by Crippen LogP contribution is -2.28. The molecule has 1 fully saturated rings. The van der Waals surface area contributed by atoms with Crippen LogP contribution in [0, 0.1) is 0 Å². The van der Waals surface area contributed by atoms with Gasteiger partial charge in [-0.15, -0.1) is 10.2 Å². The van der Waals surface area contributed by atoms with Crippen molar-refractivity contribution >= 4 is 5.91 Å². The summed E-state index contributed by atoms with van der Waals surface area (Å²) < 4.78 is 7.00. The number of amides is 1. The summed E-state index contributed by atoms with van der Waals surface area (Å²) in [6, 6.07) is 7.95. The van der Waals surface area contributed by atoms with Gasteiger partial charge in [0, 0.05) is 32.4 Å². The van der Waals surface area contributed by atoms with E-state index in [4.69, 9.17) is 4.74 Å². The van der Waals surface area contributed by atoms with E-state index in [1.165, 1.54) is 18.4 Å². The predicted octanol–water partition coefficient (Wildman–Crippen LogP) is 1.71. The van der Waals surface area contributed by atoms with Gasteiger partial charge < -0.3 is 19.9 Å². The van der Waals surface area contributed by atoms with Gasteiger partial charge >= 0.3 is 0 Å².